The Balaban J connectivity index is 2.86. The average Bonchev–Trinajstić information content (AvgIpc) is 3.01. The van der Waals surface area contributed by atoms with Gasteiger partial charge in [0.2, 0.25) is 0 Å². The molecule has 0 aliphatic rings. The molecule has 0 unspecified atom stereocenters. The Morgan fingerprint density at radius 1 is 1.12 bits per heavy atom. The number of rotatable bonds is 7. The molecule has 0 radical (unpaired) electrons. The van der Waals surface area contributed by atoms with Gasteiger partial charge in [-0.05, 0) is 19.9 Å². The molecule has 1 rings (SSSR count). The molecule has 0 fully saturated rings. The van der Waals surface area contributed by atoms with Crippen molar-refractivity contribution in [3.05, 3.63) is 35.2 Å². The van der Waals surface area contributed by atoms with Crippen molar-refractivity contribution >= 4 is 23.9 Å². The molecule has 0 bridgehead atoms. The molecule has 124 valence electrons. The van der Waals surface area contributed by atoms with Gasteiger partial charge >= 0.3 is 11.9 Å². The molecule has 0 aliphatic carbocycles. The van der Waals surface area contributed by atoms with E-state index >= 15 is 0 Å². The summed E-state index contributed by atoms with van der Waals surface area (Å²) in [6.07, 6.45) is 2.37. The fourth-order valence-electron chi connectivity index (χ4n) is 1.48. The maximum Gasteiger partial charge on any atom is 0.350 e. The van der Waals surface area contributed by atoms with Crippen LogP contribution in [0.25, 0.3) is 6.08 Å². The summed E-state index contributed by atoms with van der Waals surface area (Å²) in [7, 11) is 0. The van der Waals surface area contributed by atoms with Gasteiger partial charge in [-0.3, -0.25) is 0 Å². The Labute approximate surface area is 138 Å². The lowest BCUT2D eigenvalue weighted by Gasteiger charge is -2.00. The summed E-state index contributed by atoms with van der Waals surface area (Å²) < 4.78 is 14.8. The fourth-order valence-corrected chi connectivity index (χ4v) is 1.48. The van der Waals surface area contributed by atoms with Crippen LogP contribution in [0.3, 0.4) is 0 Å². The molecule has 0 spiro atoms. The lowest BCUT2D eigenvalue weighted by atomic mass is 10.2. The number of hydrogen-bond acceptors (Lipinski definition) is 8. The monoisotopic (exact) mass is 329 g/mol. The second-order valence-electron chi connectivity index (χ2n) is 4.13. The predicted molar refractivity (Wildman–Crippen MR) is 82.9 cm³/mol. The topological polar surface area (TPSA) is 125 Å². The highest BCUT2D eigenvalue weighted by Gasteiger charge is 2.12. The molecule has 8 heteroatoms. The second-order valence-corrected chi connectivity index (χ2v) is 4.13. The van der Waals surface area contributed by atoms with Crippen molar-refractivity contribution in [2.24, 2.45) is 0 Å². The van der Waals surface area contributed by atoms with Gasteiger partial charge in [-0.15, -0.1) is 0 Å². The summed E-state index contributed by atoms with van der Waals surface area (Å²) in [6.45, 7) is 3.56. The molecule has 1 N–H and O–H groups in total. The van der Waals surface area contributed by atoms with E-state index in [1.54, 1.807) is 26.0 Å². The number of hydrogen-bond donors (Lipinski definition) is 1. The number of ether oxygens (including phenoxy) is 2. The summed E-state index contributed by atoms with van der Waals surface area (Å²) in [4.78, 5) is 22.9. The highest BCUT2D eigenvalue weighted by atomic mass is 16.5. The number of nitrogens with zero attached hydrogens (tertiary/aromatic N) is 2. The van der Waals surface area contributed by atoms with Gasteiger partial charge < -0.3 is 19.2 Å². The normalized spacial score (nSPS) is 11.2. The predicted octanol–water partition coefficient (Wildman–Crippen LogP) is 2.13. The SMILES string of the molecule is CCOC(=O)/C(C#N)=C/Nc1ccc(/C=C(\C#N)C(=O)OCC)o1. The number of carbonyl (C=O) groups is 2. The first-order chi connectivity index (χ1) is 11.5. The van der Waals surface area contributed by atoms with E-state index in [0.29, 0.717) is 0 Å². The average molecular weight is 329 g/mol. The van der Waals surface area contributed by atoms with Gasteiger partial charge in [0, 0.05) is 18.3 Å². The zero-order valence-electron chi connectivity index (χ0n) is 13.2. The minimum Gasteiger partial charge on any atom is -0.462 e. The molecule has 0 saturated heterocycles. The molecule has 0 saturated carbocycles. The zero-order valence-corrected chi connectivity index (χ0v) is 13.2. The quantitative estimate of drug-likeness (QED) is 0.458. The Bertz CT molecular complexity index is 746. The summed E-state index contributed by atoms with van der Waals surface area (Å²) in [5, 5.41) is 20.4. The third kappa shape index (κ3) is 5.35. The van der Waals surface area contributed by atoms with E-state index in [-0.39, 0.29) is 36.0 Å². The van der Waals surface area contributed by atoms with Crippen LogP contribution in [0.1, 0.15) is 19.6 Å². The van der Waals surface area contributed by atoms with E-state index in [9.17, 15) is 9.59 Å². The van der Waals surface area contributed by atoms with Crippen LogP contribution in [0.15, 0.2) is 33.9 Å². The van der Waals surface area contributed by atoms with Crippen molar-refractivity contribution in [2.45, 2.75) is 13.8 Å². The van der Waals surface area contributed by atoms with Crippen molar-refractivity contribution < 1.29 is 23.5 Å². The van der Waals surface area contributed by atoms with Crippen molar-refractivity contribution in [1.29, 1.82) is 10.5 Å². The Morgan fingerprint density at radius 3 is 2.25 bits per heavy atom. The number of anilines is 1. The van der Waals surface area contributed by atoms with Crippen LogP contribution in [-0.4, -0.2) is 25.2 Å². The van der Waals surface area contributed by atoms with Gasteiger partial charge in [-0.25, -0.2) is 9.59 Å². The third-order valence-corrected chi connectivity index (χ3v) is 2.50. The van der Waals surface area contributed by atoms with Crippen molar-refractivity contribution in [1.82, 2.24) is 0 Å². The van der Waals surface area contributed by atoms with Crippen molar-refractivity contribution in [2.75, 3.05) is 18.5 Å². The fraction of sp³-hybridized carbons (Fsp3) is 0.250. The van der Waals surface area contributed by atoms with Gasteiger partial charge in [0.25, 0.3) is 0 Å². The summed E-state index contributed by atoms with van der Waals surface area (Å²) in [6, 6.07) is 6.43. The molecule has 1 aromatic rings. The van der Waals surface area contributed by atoms with Crippen LogP contribution in [0, 0.1) is 22.7 Å². The summed E-state index contributed by atoms with van der Waals surface area (Å²) in [5.74, 6) is -1.07. The molecule has 0 atom stereocenters. The lowest BCUT2D eigenvalue weighted by Crippen LogP contribution is -2.07. The van der Waals surface area contributed by atoms with Crippen LogP contribution in [0.5, 0.6) is 0 Å². The minimum atomic E-state index is -0.756. The third-order valence-electron chi connectivity index (χ3n) is 2.50. The van der Waals surface area contributed by atoms with Crippen molar-refractivity contribution in [3.63, 3.8) is 0 Å². The molecule has 1 aromatic heterocycles. The number of nitrogens with one attached hydrogen (secondary N) is 1. The van der Waals surface area contributed by atoms with Crippen LogP contribution in [-0.2, 0) is 19.1 Å². The lowest BCUT2D eigenvalue weighted by molar-refractivity contribution is -0.138. The molecular weight excluding hydrogens is 314 g/mol. The van der Waals surface area contributed by atoms with E-state index in [1.165, 1.54) is 18.2 Å². The first-order valence-corrected chi connectivity index (χ1v) is 6.98. The first-order valence-electron chi connectivity index (χ1n) is 6.98. The maximum absolute atomic E-state index is 11.5. The number of furan rings is 1. The number of nitriles is 2. The summed E-state index contributed by atoms with van der Waals surface area (Å²) in [5.41, 5.74) is -0.438. The minimum absolute atomic E-state index is 0.151. The van der Waals surface area contributed by atoms with Crippen LogP contribution >= 0.6 is 0 Å². The highest BCUT2D eigenvalue weighted by Crippen LogP contribution is 2.17. The van der Waals surface area contributed by atoms with E-state index in [2.05, 4.69) is 5.32 Å². The zero-order chi connectivity index (χ0) is 17.9. The van der Waals surface area contributed by atoms with E-state index in [0.717, 1.165) is 6.20 Å². The van der Waals surface area contributed by atoms with Gasteiger partial charge in [0.05, 0.1) is 13.2 Å². The molecule has 0 aromatic carbocycles. The maximum atomic E-state index is 11.5. The Kier molecular flexibility index (Phi) is 7.32. The summed E-state index contributed by atoms with van der Waals surface area (Å²) >= 11 is 0. The smallest absolute Gasteiger partial charge is 0.350 e. The molecular formula is C16H15N3O5. The Morgan fingerprint density at radius 2 is 1.71 bits per heavy atom. The molecule has 0 amide bonds. The van der Waals surface area contributed by atoms with Gasteiger partial charge in [0.15, 0.2) is 11.5 Å². The van der Waals surface area contributed by atoms with Gasteiger partial charge in [-0.1, -0.05) is 0 Å². The number of carbonyl (C=O) groups excluding carboxylic acids is 2. The van der Waals surface area contributed by atoms with E-state index < -0.39 is 11.9 Å². The van der Waals surface area contributed by atoms with Crippen LogP contribution in [0.2, 0.25) is 0 Å². The highest BCUT2D eigenvalue weighted by molar-refractivity contribution is 5.97. The van der Waals surface area contributed by atoms with Crippen molar-refractivity contribution in [3.8, 4) is 12.1 Å². The molecule has 1 heterocycles. The van der Waals surface area contributed by atoms with Crippen LogP contribution < -0.4 is 5.32 Å². The van der Waals surface area contributed by atoms with Gasteiger partial charge in [-0.2, -0.15) is 10.5 Å². The number of esters is 2. The standard InChI is InChI=1S/C16H15N3O5/c1-3-22-15(20)11(8-17)7-13-5-6-14(24-13)19-10-12(9-18)16(21)23-4-2/h5-7,10,19H,3-4H2,1-2H3/b11-7+,12-10+. The molecule has 0 aliphatic heterocycles. The largest absolute Gasteiger partial charge is 0.462 e. The first kappa shape index (κ1) is 18.5. The second kappa shape index (κ2) is 9.49. The Hall–Kier alpha value is -3.52. The van der Waals surface area contributed by atoms with E-state index in [1.807, 2.05) is 0 Å². The van der Waals surface area contributed by atoms with Crippen LogP contribution in [0.4, 0.5) is 5.88 Å². The molecule has 24 heavy (non-hydrogen) atoms. The molecule has 8 nitrogen and oxygen atoms in total. The van der Waals surface area contributed by atoms with Gasteiger partial charge in [0.1, 0.15) is 23.5 Å². The van der Waals surface area contributed by atoms with E-state index in [4.69, 9.17) is 24.4 Å².